The number of likely N-dealkylation sites (N-methyl/N-ethyl adjacent to an activating group) is 1. The van der Waals surface area contributed by atoms with E-state index < -0.39 is 5.60 Å². The van der Waals surface area contributed by atoms with Gasteiger partial charge in [-0.3, -0.25) is 9.69 Å². The van der Waals surface area contributed by atoms with Gasteiger partial charge in [-0.15, -0.1) is 0 Å². The Morgan fingerprint density at radius 3 is 2.60 bits per heavy atom. The van der Waals surface area contributed by atoms with Gasteiger partial charge in [0.2, 0.25) is 5.91 Å². The fraction of sp³-hybridized carbons (Fsp3) is 0.562. The molecule has 0 heterocycles. The molecule has 1 aromatic carbocycles. The third kappa shape index (κ3) is 6.68. The lowest BCUT2D eigenvalue weighted by Gasteiger charge is -2.24. The van der Waals surface area contributed by atoms with Crippen LogP contribution in [0, 0.1) is 6.92 Å². The van der Waals surface area contributed by atoms with Gasteiger partial charge in [-0.2, -0.15) is 0 Å². The molecule has 0 radical (unpaired) electrons. The summed E-state index contributed by atoms with van der Waals surface area (Å²) in [4.78, 5) is 13.6. The standard InChI is InChI=1S/C16H26N2O2/c1-13-7-5-6-8-14(13)9-10-17-15(19)11-18(4)12-16(2,3)20/h5-8,20H,9-12H2,1-4H3,(H,17,19). The zero-order valence-electron chi connectivity index (χ0n) is 12.9. The first kappa shape index (κ1) is 16.7. The maximum Gasteiger partial charge on any atom is 0.234 e. The highest BCUT2D eigenvalue weighted by atomic mass is 16.3. The molecule has 0 aromatic heterocycles. The SMILES string of the molecule is Cc1ccccc1CCNC(=O)CN(C)CC(C)(C)O. The molecule has 1 aromatic rings. The van der Waals surface area contributed by atoms with Crippen LogP contribution in [0.15, 0.2) is 24.3 Å². The summed E-state index contributed by atoms with van der Waals surface area (Å²) in [7, 11) is 1.83. The highest BCUT2D eigenvalue weighted by Crippen LogP contribution is 2.07. The molecule has 0 atom stereocenters. The Balaban J connectivity index is 2.29. The molecule has 0 fully saturated rings. The quantitative estimate of drug-likeness (QED) is 0.792. The van der Waals surface area contributed by atoms with Gasteiger partial charge < -0.3 is 10.4 Å². The maximum atomic E-state index is 11.8. The lowest BCUT2D eigenvalue weighted by Crippen LogP contribution is -2.42. The summed E-state index contributed by atoms with van der Waals surface area (Å²) in [6.07, 6.45) is 0.841. The van der Waals surface area contributed by atoms with Crippen molar-refractivity contribution in [3.8, 4) is 0 Å². The van der Waals surface area contributed by atoms with E-state index in [2.05, 4.69) is 24.4 Å². The van der Waals surface area contributed by atoms with Crippen molar-refractivity contribution in [2.24, 2.45) is 0 Å². The van der Waals surface area contributed by atoms with E-state index in [4.69, 9.17) is 0 Å². The molecule has 0 saturated heterocycles. The zero-order chi connectivity index (χ0) is 15.2. The van der Waals surface area contributed by atoms with Crippen LogP contribution in [0.3, 0.4) is 0 Å². The summed E-state index contributed by atoms with van der Waals surface area (Å²) in [5.74, 6) is -0.00895. The van der Waals surface area contributed by atoms with E-state index in [0.717, 1.165) is 6.42 Å². The first-order valence-corrected chi connectivity index (χ1v) is 7.00. The second kappa shape index (κ2) is 7.41. The Labute approximate surface area is 121 Å². The smallest absolute Gasteiger partial charge is 0.234 e. The third-order valence-electron chi connectivity index (χ3n) is 3.05. The molecule has 2 N–H and O–H groups in total. The van der Waals surface area contributed by atoms with Crippen molar-refractivity contribution in [3.63, 3.8) is 0 Å². The normalized spacial score (nSPS) is 11.7. The third-order valence-corrected chi connectivity index (χ3v) is 3.05. The summed E-state index contributed by atoms with van der Waals surface area (Å²) >= 11 is 0. The lowest BCUT2D eigenvalue weighted by molar-refractivity contribution is -0.122. The van der Waals surface area contributed by atoms with Crippen molar-refractivity contribution in [2.45, 2.75) is 32.8 Å². The minimum absolute atomic E-state index is 0.00895. The molecule has 0 aliphatic rings. The molecule has 112 valence electrons. The Morgan fingerprint density at radius 2 is 2.00 bits per heavy atom. The van der Waals surface area contributed by atoms with Crippen LogP contribution in [-0.4, -0.2) is 48.2 Å². The van der Waals surface area contributed by atoms with E-state index >= 15 is 0 Å². The van der Waals surface area contributed by atoms with Gasteiger partial charge in [0.25, 0.3) is 0 Å². The average Bonchev–Trinajstić information content (AvgIpc) is 2.28. The van der Waals surface area contributed by atoms with Crippen LogP contribution in [0.5, 0.6) is 0 Å². The fourth-order valence-electron chi connectivity index (χ4n) is 2.24. The van der Waals surface area contributed by atoms with E-state index in [9.17, 15) is 9.90 Å². The number of carbonyl (C=O) groups excluding carboxylic acids is 1. The minimum Gasteiger partial charge on any atom is -0.389 e. The van der Waals surface area contributed by atoms with Crippen molar-refractivity contribution < 1.29 is 9.90 Å². The van der Waals surface area contributed by atoms with Crippen molar-refractivity contribution >= 4 is 5.91 Å². The maximum absolute atomic E-state index is 11.8. The van der Waals surface area contributed by atoms with Gasteiger partial charge in [-0.1, -0.05) is 24.3 Å². The summed E-state index contributed by atoms with van der Waals surface area (Å²) in [6.45, 7) is 6.96. The molecule has 1 rings (SSSR count). The van der Waals surface area contributed by atoms with Crippen LogP contribution >= 0.6 is 0 Å². The summed E-state index contributed by atoms with van der Waals surface area (Å²) in [5.41, 5.74) is 1.73. The Kier molecular flexibility index (Phi) is 6.17. The molecule has 0 saturated carbocycles. The van der Waals surface area contributed by atoms with Crippen LogP contribution in [-0.2, 0) is 11.2 Å². The number of hydrogen-bond donors (Lipinski definition) is 2. The second-order valence-corrected chi connectivity index (χ2v) is 6.01. The van der Waals surface area contributed by atoms with Gasteiger partial charge in [0.15, 0.2) is 0 Å². The average molecular weight is 278 g/mol. The monoisotopic (exact) mass is 278 g/mol. The Bertz CT molecular complexity index is 438. The molecule has 0 aliphatic carbocycles. The van der Waals surface area contributed by atoms with Crippen molar-refractivity contribution in [3.05, 3.63) is 35.4 Å². The summed E-state index contributed by atoms with van der Waals surface area (Å²) < 4.78 is 0. The van der Waals surface area contributed by atoms with Crippen molar-refractivity contribution in [1.82, 2.24) is 10.2 Å². The van der Waals surface area contributed by atoms with Gasteiger partial charge in [-0.05, 0) is 45.4 Å². The van der Waals surface area contributed by atoms with Crippen LogP contribution in [0.4, 0.5) is 0 Å². The highest BCUT2D eigenvalue weighted by molar-refractivity contribution is 5.77. The molecule has 0 unspecified atom stereocenters. The van der Waals surface area contributed by atoms with E-state index in [-0.39, 0.29) is 5.91 Å². The fourth-order valence-corrected chi connectivity index (χ4v) is 2.24. The molecule has 1 amide bonds. The van der Waals surface area contributed by atoms with Crippen LogP contribution in [0.25, 0.3) is 0 Å². The van der Waals surface area contributed by atoms with Crippen molar-refractivity contribution in [1.29, 1.82) is 0 Å². The number of aliphatic hydroxyl groups is 1. The summed E-state index contributed by atoms with van der Waals surface area (Å²) in [5, 5.41) is 12.6. The molecular weight excluding hydrogens is 252 g/mol. The molecule has 4 nitrogen and oxygen atoms in total. The van der Waals surface area contributed by atoms with Gasteiger partial charge in [-0.25, -0.2) is 0 Å². The van der Waals surface area contributed by atoms with Gasteiger partial charge in [0.1, 0.15) is 0 Å². The molecule has 0 aliphatic heterocycles. The number of carbonyl (C=O) groups is 1. The lowest BCUT2D eigenvalue weighted by atomic mass is 10.1. The predicted octanol–water partition coefficient (Wildman–Crippen LogP) is 1.36. The molecule has 0 bridgehead atoms. The highest BCUT2D eigenvalue weighted by Gasteiger charge is 2.17. The first-order valence-electron chi connectivity index (χ1n) is 7.00. The van der Waals surface area contributed by atoms with Gasteiger partial charge in [0.05, 0.1) is 12.1 Å². The van der Waals surface area contributed by atoms with Crippen LogP contribution < -0.4 is 5.32 Å². The summed E-state index contributed by atoms with van der Waals surface area (Å²) in [6, 6.07) is 8.19. The zero-order valence-corrected chi connectivity index (χ0v) is 12.9. The molecular formula is C16H26N2O2. The van der Waals surface area contributed by atoms with E-state index in [1.54, 1.807) is 13.8 Å². The number of rotatable bonds is 7. The number of benzene rings is 1. The Morgan fingerprint density at radius 1 is 1.35 bits per heavy atom. The van der Waals surface area contributed by atoms with Gasteiger partial charge >= 0.3 is 0 Å². The van der Waals surface area contributed by atoms with Crippen LogP contribution in [0.1, 0.15) is 25.0 Å². The van der Waals surface area contributed by atoms with E-state index in [0.29, 0.717) is 19.6 Å². The number of amides is 1. The van der Waals surface area contributed by atoms with E-state index in [1.807, 2.05) is 24.1 Å². The Hall–Kier alpha value is -1.39. The van der Waals surface area contributed by atoms with E-state index in [1.165, 1.54) is 11.1 Å². The molecule has 0 spiro atoms. The second-order valence-electron chi connectivity index (χ2n) is 6.01. The van der Waals surface area contributed by atoms with Crippen molar-refractivity contribution in [2.75, 3.05) is 26.7 Å². The minimum atomic E-state index is -0.782. The number of hydrogen-bond acceptors (Lipinski definition) is 3. The largest absolute Gasteiger partial charge is 0.389 e. The topological polar surface area (TPSA) is 52.6 Å². The first-order chi connectivity index (χ1) is 9.28. The molecule has 4 heteroatoms. The predicted molar refractivity (Wildman–Crippen MR) is 81.7 cm³/mol. The number of nitrogens with zero attached hydrogens (tertiary/aromatic N) is 1. The number of aryl methyl sites for hydroxylation is 1. The molecule has 20 heavy (non-hydrogen) atoms. The van der Waals surface area contributed by atoms with Gasteiger partial charge in [0, 0.05) is 13.1 Å². The van der Waals surface area contributed by atoms with Crippen LogP contribution in [0.2, 0.25) is 0 Å². The number of nitrogens with one attached hydrogen (secondary N) is 1.